The van der Waals surface area contributed by atoms with E-state index in [0.717, 1.165) is 54.2 Å². The molecule has 0 fully saturated rings. The van der Waals surface area contributed by atoms with E-state index in [1.165, 1.54) is 4.90 Å². The van der Waals surface area contributed by atoms with Gasteiger partial charge in [0.25, 0.3) is 0 Å². The number of halogens is 1. The number of nitrogens with zero attached hydrogens (tertiary/aromatic N) is 2. The van der Waals surface area contributed by atoms with Crippen LogP contribution in [0.25, 0.3) is 0 Å². The third-order valence-electron chi connectivity index (χ3n) is 2.79. The molecule has 1 heterocycles. The normalized spacial score (nSPS) is 10.9. The number of benzene rings is 1. The molecule has 0 saturated heterocycles. The number of hydrogen-bond acceptors (Lipinski definition) is 5. The van der Waals surface area contributed by atoms with E-state index < -0.39 is 0 Å². The summed E-state index contributed by atoms with van der Waals surface area (Å²) in [6, 6.07) is 8.20. The Labute approximate surface area is 131 Å². The number of hydrogen-bond donors (Lipinski definition) is 1. The Morgan fingerprint density at radius 1 is 1.15 bits per heavy atom. The van der Waals surface area contributed by atoms with Gasteiger partial charge in [-0.15, -0.1) is 11.8 Å². The van der Waals surface area contributed by atoms with Gasteiger partial charge in [0.05, 0.1) is 5.75 Å². The summed E-state index contributed by atoms with van der Waals surface area (Å²) in [7, 11) is 0. The number of unbranched alkanes of at least 4 members (excludes halogenated alkanes) is 2. The molecule has 0 aliphatic heterocycles. The Morgan fingerprint density at radius 2 is 1.95 bits per heavy atom. The molecule has 0 radical (unpaired) electrons. The first-order valence-corrected chi connectivity index (χ1v) is 8.45. The average Bonchev–Trinajstić information content (AvgIpc) is 2.91. The molecule has 1 aromatic carbocycles. The van der Waals surface area contributed by atoms with Crippen molar-refractivity contribution < 1.29 is 4.52 Å². The van der Waals surface area contributed by atoms with Crippen molar-refractivity contribution in [2.45, 2.75) is 36.3 Å². The largest absolute Gasteiger partial charge is 0.339 e. The molecule has 2 rings (SSSR count). The van der Waals surface area contributed by atoms with E-state index in [9.17, 15) is 0 Å². The van der Waals surface area contributed by atoms with Gasteiger partial charge in [0.15, 0.2) is 5.82 Å². The molecule has 0 saturated carbocycles. The van der Waals surface area contributed by atoms with Crippen molar-refractivity contribution in [1.82, 2.24) is 10.1 Å². The van der Waals surface area contributed by atoms with Crippen LogP contribution in [0, 0.1) is 0 Å². The van der Waals surface area contributed by atoms with E-state index in [2.05, 4.69) is 38.2 Å². The Bertz CT molecular complexity index is 515. The van der Waals surface area contributed by atoms with Crippen LogP contribution in [0.15, 0.2) is 38.2 Å². The molecule has 0 atom stereocenters. The molecule has 0 bridgehead atoms. The first-order valence-electron chi connectivity index (χ1n) is 6.68. The fourth-order valence-corrected chi connectivity index (χ4v) is 2.73. The maximum atomic E-state index is 5.46. The highest BCUT2D eigenvalue weighted by Crippen LogP contribution is 2.23. The second-order valence-corrected chi connectivity index (χ2v) is 6.41. The van der Waals surface area contributed by atoms with Crippen LogP contribution in [-0.4, -0.2) is 16.7 Å². The average molecular weight is 356 g/mol. The molecule has 0 amide bonds. The third kappa shape index (κ3) is 5.26. The van der Waals surface area contributed by atoms with Crippen molar-refractivity contribution in [2.24, 2.45) is 5.73 Å². The van der Waals surface area contributed by atoms with Crippen LogP contribution in [0.1, 0.15) is 31.0 Å². The lowest BCUT2D eigenvalue weighted by Crippen LogP contribution is -1.98. The Kier molecular flexibility index (Phi) is 6.56. The van der Waals surface area contributed by atoms with Gasteiger partial charge in [-0.2, -0.15) is 4.98 Å². The van der Waals surface area contributed by atoms with E-state index in [0.29, 0.717) is 0 Å². The van der Waals surface area contributed by atoms with Gasteiger partial charge in [-0.05, 0) is 43.7 Å². The molecule has 4 nitrogen and oxygen atoms in total. The number of aryl methyl sites for hydroxylation is 1. The van der Waals surface area contributed by atoms with E-state index >= 15 is 0 Å². The lowest BCUT2D eigenvalue weighted by molar-refractivity contribution is 0.370. The van der Waals surface area contributed by atoms with Gasteiger partial charge in [-0.1, -0.05) is 27.5 Å². The molecule has 0 aliphatic rings. The second-order valence-electron chi connectivity index (χ2n) is 4.45. The molecule has 0 aliphatic carbocycles. The third-order valence-corrected chi connectivity index (χ3v) is 4.32. The van der Waals surface area contributed by atoms with Gasteiger partial charge in [0, 0.05) is 15.8 Å². The minimum Gasteiger partial charge on any atom is -0.339 e. The molecule has 2 N–H and O–H groups in total. The monoisotopic (exact) mass is 355 g/mol. The van der Waals surface area contributed by atoms with Gasteiger partial charge in [-0.25, -0.2) is 0 Å². The summed E-state index contributed by atoms with van der Waals surface area (Å²) in [6.07, 6.45) is 4.07. The van der Waals surface area contributed by atoms with Crippen molar-refractivity contribution in [3.63, 3.8) is 0 Å². The highest BCUT2D eigenvalue weighted by molar-refractivity contribution is 9.10. The number of thioether (sulfide) groups is 1. The quantitative estimate of drug-likeness (QED) is 0.576. The van der Waals surface area contributed by atoms with Crippen LogP contribution in [0.2, 0.25) is 0 Å². The van der Waals surface area contributed by atoms with Gasteiger partial charge in [-0.3, -0.25) is 0 Å². The summed E-state index contributed by atoms with van der Waals surface area (Å²) in [6.45, 7) is 0.749. The van der Waals surface area contributed by atoms with Crippen molar-refractivity contribution in [1.29, 1.82) is 0 Å². The van der Waals surface area contributed by atoms with E-state index in [1.807, 2.05) is 12.1 Å². The van der Waals surface area contributed by atoms with Crippen molar-refractivity contribution in [3.8, 4) is 0 Å². The van der Waals surface area contributed by atoms with Crippen molar-refractivity contribution in [2.75, 3.05) is 6.54 Å². The number of rotatable bonds is 8. The van der Waals surface area contributed by atoms with Gasteiger partial charge >= 0.3 is 0 Å². The summed E-state index contributed by atoms with van der Waals surface area (Å²) in [5.74, 6) is 2.22. The lowest BCUT2D eigenvalue weighted by atomic mass is 10.2. The Hall–Kier alpha value is -0.850. The van der Waals surface area contributed by atoms with E-state index in [-0.39, 0.29) is 0 Å². The fraction of sp³-hybridized carbons (Fsp3) is 0.429. The highest BCUT2D eigenvalue weighted by atomic mass is 79.9. The van der Waals surface area contributed by atoms with Crippen molar-refractivity contribution >= 4 is 27.7 Å². The van der Waals surface area contributed by atoms with E-state index in [1.54, 1.807) is 11.8 Å². The molecule has 0 unspecified atom stereocenters. The van der Waals surface area contributed by atoms with Crippen LogP contribution in [-0.2, 0) is 12.2 Å². The summed E-state index contributed by atoms with van der Waals surface area (Å²) < 4.78 is 6.32. The first kappa shape index (κ1) is 15.5. The first-order chi connectivity index (χ1) is 9.78. The predicted molar refractivity (Wildman–Crippen MR) is 84.6 cm³/mol. The van der Waals surface area contributed by atoms with Crippen LogP contribution < -0.4 is 5.73 Å². The zero-order valence-corrected chi connectivity index (χ0v) is 13.6. The molecular formula is C14H18BrN3OS. The highest BCUT2D eigenvalue weighted by Gasteiger charge is 2.06. The maximum Gasteiger partial charge on any atom is 0.226 e. The standard InChI is InChI=1S/C14H18BrN3OS/c15-11-5-7-12(8-6-11)20-10-13-17-14(19-18-13)4-2-1-3-9-16/h5-8H,1-4,9-10,16H2. The fourth-order valence-electron chi connectivity index (χ4n) is 1.73. The molecule has 6 heteroatoms. The van der Waals surface area contributed by atoms with Gasteiger partial charge < -0.3 is 10.3 Å². The summed E-state index contributed by atoms with van der Waals surface area (Å²) in [4.78, 5) is 5.60. The Balaban J connectivity index is 1.76. The topological polar surface area (TPSA) is 64.9 Å². The summed E-state index contributed by atoms with van der Waals surface area (Å²) in [5.41, 5.74) is 5.46. The van der Waals surface area contributed by atoms with Crippen molar-refractivity contribution in [3.05, 3.63) is 40.5 Å². The smallest absolute Gasteiger partial charge is 0.226 e. The van der Waals surface area contributed by atoms with Gasteiger partial charge in [0.1, 0.15) is 0 Å². The number of nitrogens with two attached hydrogens (primary N) is 1. The predicted octanol–water partition coefficient (Wildman–Crippen LogP) is 3.80. The zero-order chi connectivity index (χ0) is 14.2. The molecule has 20 heavy (non-hydrogen) atoms. The second kappa shape index (κ2) is 8.44. The minimum atomic E-state index is 0.730. The Morgan fingerprint density at radius 3 is 2.70 bits per heavy atom. The molecule has 108 valence electrons. The van der Waals surface area contributed by atoms with Crippen LogP contribution in [0.4, 0.5) is 0 Å². The lowest BCUT2D eigenvalue weighted by Gasteiger charge is -1.98. The van der Waals surface area contributed by atoms with Crippen LogP contribution >= 0.6 is 27.7 Å². The van der Waals surface area contributed by atoms with Crippen LogP contribution in [0.3, 0.4) is 0 Å². The van der Waals surface area contributed by atoms with Gasteiger partial charge in [0.2, 0.25) is 5.89 Å². The molecule has 2 aromatic rings. The summed E-state index contributed by atoms with van der Waals surface area (Å²) >= 11 is 5.13. The maximum absolute atomic E-state index is 5.46. The molecular weight excluding hydrogens is 338 g/mol. The zero-order valence-electron chi connectivity index (χ0n) is 11.2. The summed E-state index contributed by atoms with van der Waals surface area (Å²) in [5, 5.41) is 4.01. The van der Waals surface area contributed by atoms with Crippen LogP contribution in [0.5, 0.6) is 0 Å². The molecule has 1 aromatic heterocycles. The molecule has 0 spiro atoms. The number of aromatic nitrogens is 2. The minimum absolute atomic E-state index is 0.730. The SMILES string of the molecule is NCCCCCc1nc(CSc2ccc(Br)cc2)no1. The van der Waals surface area contributed by atoms with E-state index in [4.69, 9.17) is 10.3 Å².